The summed E-state index contributed by atoms with van der Waals surface area (Å²) in [4.78, 5) is 8.20. The van der Waals surface area contributed by atoms with E-state index in [1.807, 2.05) is 0 Å². The molecule has 23 heavy (non-hydrogen) atoms. The summed E-state index contributed by atoms with van der Waals surface area (Å²) in [5, 5.41) is 0. The average Bonchev–Trinajstić information content (AvgIpc) is 2.43. The van der Waals surface area contributed by atoms with Crippen molar-refractivity contribution in [2.45, 2.75) is 77.9 Å². The molecule has 3 saturated heterocycles. The molecule has 0 N–H and O–H groups in total. The number of hydrogen-bond acceptors (Lipinski definition) is 3. The van der Waals surface area contributed by atoms with Gasteiger partial charge >= 0.3 is 0 Å². The van der Waals surface area contributed by atoms with Gasteiger partial charge in [0.2, 0.25) is 0 Å². The lowest BCUT2D eigenvalue weighted by molar-refractivity contribution is -0.0765. The lowest BCUT2D eigenvalue weighted by atomic mass is 9.79. The SMILES string of the molecule is CC(C)(C)N1CCC(CN2CC3CCN(C(C)(C)C)CC32)CC1. The second-order valence-electron chi connectivity index (χ2n) is 10.3. The van der Waals surface area contributed by atoms with Gasteiger partial charge in [-0.1, -0.05) is 0 Å². The quantitative estimate of drug-likeness (QED) is 0.772. The summed E-state index contributed by atoms with van der Waals surface area (Å²) in [6.07, 6.45) is 4.21. The summed E-state index contributed by atoms with van der Waals surface area (Å²) in [5.74, 6) is 1.92. The second-order valence-corrected chi connectivity index (χ2v) is 10.3. The van der Waals surface area contributed by atoms with Crippen molar-refractivity contribution in [2.24, 2.45) is 11.8 Å². The van der Waals surface area contributed by atoms with Crippen LogP contribution in [0.1, 0.15) is 60.8 Å². The molecule has 0 bridgehead atoms. The van der Waals surface area contributed by atoms with Crippen LogP contribution >= 0.6 is 0 Å². The van der Waals surface area contributed by atoms with Crippen LogP contribution in [0.25, 0.3) is 0 Å². The van der Waals surface area contributed by atoms with Gasteiger partial charge in [0.1, 0.15) is 0 Å². The lowest BCUT2D eigenvalue weighted by Gasteiger charge is -2.57. The molecule has 3 rings (SSSR count). The highest BCUT2D eigenvalue weighted by Gasteiger charge is 2.44. The van der Waals surface area contributed by atoms with Gasteiger partial charge in [0.25, 0.3) is 0 Å². The van der Waals surface area contributed by atoms with E-state index in [1.54, 1.807) is 0 Å². The van der Waals surface area contributed by atoms with Crippen molar-refractivity contribution < 1.29 is 0 Å². The Hall–Kier alpha value is -0.120. The third-order valence-electron chi connectivity index (χ3n) is 6.66. The van der Waals surface area contributed by atoms with Gasteiger partial charge in [-0.2, -0.15) is 0 Å². The molecule has 0 aliphatic carbocycles. The first kappa shape index (κ1) is 17.7. The summed E-state index contributed by atoms with van der Waals surface area (Å²) >= 11 is 0. The Labute approximate surface area is 144 Å². The van der Waals surface area contributed by atoms with E-state index in [-0.39, 0.29) is 0 Å². The van der Waals surface area contributed by atoms with Crippen molar-refractivity contribution in [3.63, 3.8) is 0 Å². The summed E-state index contributed by atoms with van der Waals surface area (Å²) in [6, 6.07) is 0.851. The maximum atomic E-state index is 2.82. The fourth-order valence-electron chi connectivity index (χ4n) is 4.84. The van der Waals surface area contributed by atoms with Gasteiger partial charge in [0.15, 0.2) is 0 Å². The first-order valence-corrected chi connectivity index (χ1v) is 9.89. The normalized spacial score (nSPS) is 32.6. The highest BCUT2D eigenvalue weighted by atomic mass is 15.3. The number of piperidine rings is 2. The van der Waals surface area contributed by atoms with Crippen LogP contribution < -0.4 is 0 Å². The van der Waals surface area contributed by atoms with Gasteiger partial charge in [-0.3, -0.25) is 14.7 Å². The number of nitrogens with zero attached hydrogens (tertiary/aromatic N) is 3. The second kappa shape index (κ2) is 6.31. The summed E-state index contributed by atoms with van der Waals surface area (Å²) in [7, 11) is 0. The van der Waals surface area contributed by atoms with Crippen molar-refractivity contribution in [3.8, 4) is 0 Å². The van der Waals surface area contributed by atoms with Crippen molar-refractivity contribution in [2.75, 3.05) is 39.3 Å². The summed E-state index contributed by atoms with van der Waals surface area (Å²) in [5.41, 5.74) is 0.688. The maximum absolute atomic E-state index is 2.82. The minimum absolute atomic E-state index is 0.338. The van der Waals surface area contributed by atoms with Gasteiger partial charge in [0, 0.05) is 36.8 Å². The van der Waals surface area contributed by atoms with Gasteiger partial charge in [-0.15, -0.1) is 0 Å². The van der Waals surface area contributed by atoms with Crippen LogP contribution in [-0.2, 0) is 0 Å². The molecule has 3 aliphatic rings. The number of rotatable bonds is 2. The number of fused-ring (bicyclic) bond motifs is 1. The topological polar surface area (TPSA) is 9.72 Å². The minimum Gasteiger partial charge on any atom is -0.298 e. The van der Waals surface area contributed by atoms with Crippen molar-refractivity contribution in [1.82, 2.24) is 14.7 Å². The van der Waals surface area contributed by atoms with E-state index in [0.717, 1.165) is 17.9 Å². The van der Waals surface area contributed by atoms with Crippen molar-refractivity contribution in [3.05, 3.63) is 0 Å². The molecule has 0 aromatic heterocycles. The van der Waals surface area contributed by atoms with Crippen LogP contribution in [0.15, 0.2) is 0 Å². The molecule has 0 radical (unpaired) electrons. The molecule has 3 heteroatoms. The molecule has 3 aliphatic heterocycles. The van der Waals surface area contributed by atoms with E-state index >= 15 is 0 Å². The Kier molecular flexibility index (Phi) is 4.85. The number of likely N-dealkylation sites (tertiary alicyclic amines) is 3. The van der Waals surface area contributed by atoms with Crippen LogP contribution in [0.2, 0.25) is 0 Å². The summed E-state index contributed by atoms with van der Waals surface area (Å²) in [6.45, 7) is 22.1. The highest BCUT2D eigenvalue weighted by Crippen LogP contribution is 2.36. The molecule has 2 unspecified atom stereocenters. The predicted molar refractivity (Wildman–Crippen MR) is 98.8 cm³/mol. The molecule has 2 atom stereocenters. The van der Waals surface area contributed by atoms with E-state index < -0.39 is 0 Å². The first-order chi connectivity index (χ1) is 10.6. The van der Waals surface area contributed by atoms with Gasteiger partial charge in [-0.25, -0.2) is 0 Å². The Bertz CT molecular complexity index is 398. The van der Waals surface area contributed by atoms with Gasteiger partial charge < -0.3 is 0 Å². The molecule has 134 valence electrons. The standard InChI is InChI=1S/C20H39N3/c1-19(2,3)22-10-7-16(8-11-22)13-21-14-17-9-12-23(15-18(17)21)20(4,5)6/h16-18H,7-15H2,1-6H3. The fourth-order valence-corrected chi connectivity index (χ4v) is 4.84. The molecule has 0 aromatic carbocycles. The van der Waals surface area contributed by atoms with E-state index in [2.05, 4.69) is 56.2 Å². The molecule has 0 aromatic rings. The van der Waals surface area contributed by atoms with E-state index in [1.165, 1.54) is 58.5 Å². The predicted octanol–water partition coefficient (Wildman–Crippen LogP) is 3.30. The molecule has 3 nitrogen and oxygen atoms in total. The van der Waals surface area contributed by atoms with Gasteiger partial charge in [-0.05, 0) is 92.3 Å². The Morgan fingerprint density at radius 1 is 0.739 bits per heavy atom. The monoisotopic (exact) mass is 321 g/mol. The highest BCUT2D eigenvalue weighted by molar-refractivity contribution is 5.00. The third-order valence-corrected chi connectivity index (χ3v) is 6.66. The molecular formula is C20H39N3. The van der Waals surface area contributed by atoms with E-state index in [0.29, 0.717) is 11.1 Å². The molecule has 0 spiro atoms. The zero-order valence-electron chi connectivity index (χ0n) is 16.4. The smallest absolute Gasteiger partial charge is 0.0264 e. The largest absolute Gasteiger partial charge is 0.298 e. The lowest BCUT2D eigenvalue weighted by Crippen LogP contribution is -2.67. The molecule has 0 amide bonds. The maximum Gasteiger partial charge on any atom is 0.0264 e. The molecular weight excluding hydrogens is 282 g/mol. The first-order valence-electron chi connectivity index (χ1n) is 9.89. The molecule has 0 saturated carbocycles. The van der Waals surface area contributed by atoms with Gasteiger partial charge in [0.05, 0.1) is 0 Å². The molecule has 3 heterocycles. The van der Waals surface area contributed by atoms with Crippen LogP contribution in [0, 0.1) is 11.8 Å². The summed E-state index contributed by atoms with van der Waals surface area (Å²) < 4.78 is 0. The Balaban J connectivity index is 1.47. The Morgan fingerprint density at radius 2 is 1.30 bits per heavy atom. The Morgan fingerprint density at radius 3 is 1.87 bits per heavy atom. The van der Waals surface area contributed by atoms with E-state index in [4.69, 9.17) is 0 Å². The van der Waals surface area contributed by atoms with Crippen LogP contribution in [0.4, 0.5) is 0 Å². The minimum atomic E-state index is 0.338. The molecule has 3 fully saturated rings. The zero-order chi connectivity index (χ0) is 16.8. The van der Waals surface area contributed by atoms with Crippen molar-refractivity contribution >= 4 is 0 Å². The van der Waals surface area contributed by atoms with Crippen LogP contribution in [-0.4, -0.2) is 71.1 Å². The third kappa shape index (κ3) is 3.93. The van der Waals surface area contributed by atoms with E-state index in [9.17, 15) is 0 Å². The average molecular weight is 322 g/mol. The fraction of sp³-hybridized carbons (Fsp3) is 1.00. The van der Waals surface area contributed by atoms with Crippen LogP contribution in [0.5, 0.6) is 0 Å². The van der Waals surface area contributed by atoms with Crippen LogP contribution in [0.3, 0.4) is 0 Å². The number of hydrogen-bond donors (Lipinski definition) is 0. The zero-order valence-corrected chi connectivity index (χ0v) is 16.4. The van der Waals surface area contributed by atoms with Crippen molar-refractivity contribution in [1.29, 1.82) is 0 Å².